The topological polar surface area (TPSA) is 104 Å². The Morgan fingerprint density at radius 2 is 2.05 bits per heavy atom. The van der Waals surface area contributed by atoms with Gasteiger partial charge in [-0.15, -0.1) is 10.2 Å². The molecular weight excluding hydrogens is 276 g/mol. The van der Waals surface area contributed by atoms with Crippen LogP contribution in [-0.2, 0) is 18.3 Å². The number of rotatable bonds is 5. The number of amides is 2. The molecule has 0 spiro atoms. The minimum absolute atomic E-state index is 0.0294. The van der Waals surface area contributed by atoms with E-state index in [1.807, 2.05) is 16.5 Å². The lowest BCUT2D eigenvalue weighted by Gasteiger charge is -2.33. The van der Waals surface area contributed by atoms with Gasteiger partial charge >= 0.3 is 12.0 Å². The van der Waals surface area contributed by atoms with Crippen LogP contribution in [0.2, 0.25) is 0 Å². The van der Waals surface area contributed by atoms with E-state index in [9.17, 15) is 9.59 Å². The van der Waals surface area contributed by atoms with E-state index in [4.69, 9.17) is 5.11 Å². The van der Waals surface area contributed by atoms with Gasteiger partial charge in [0.1, 0.15) is 12.2 Å². The minimum Gasteiger partial charge on any atom is -0.480 e. The molecule has 2 heterocycles. The third-order valence-electron chi connectivity index (χ3n) is 3.45. The van der Waals surface area contributed by atoms with Gasteiger partial charge in [-0.05, 0) is 0 Å². The Labute approximate surface area is 122 Å². The molecule has 21 heavy (non-hydrogen) atoms. The zero-order chi connectivity index (χ0) is 15.2. The Balaban J connectivity index is 1.68. The van der Waals surface area contributed by atoms with Gasteiger partial charge in [-0.1, -0.05) is 0 Å². The Bertz CT molecular complexity index is 495. The number of nitrogens with one attached hydrogen (secondary N) is 1. The largest absolute Gasteiger partial charge is 0.480 e. The summed E-state index contributed by atoms with van der Waals surface area (Å²) in [6, 6.07) is -0.118. The molecule has 2 amide bonds. The second kappa shape index (κ2) is 7.02. The van der Waals surface area contributed by atoms with Crippen LogP contribution in [0, 0.1) is 0 Å². The molecular formula is C12H20N6O3. The summed E-state index contributed by atoms with van der Waals surface area (Å²) >= 11 is 0. The van der Waals surface area contributed by atoms with E-state index in [-0.39, 0.29) is 12.6 Å². The van der Waals surface area contributed by atoms with E-state index in [1.54, 1.807) is 11.2 Å². The zero-order valence-electron chi connectivity index (χ0n) is 12.0. The molecule has 116 valence electrons. The number of aryl methyl sites for hydroxylation is 1. The fourth-order valence-electron chi connectivity index (χ4n) is 2.23. The van der Waals surface area contributed by atoms with Crippen LogP contribution in [0.5, 0.6) is 0 Å². The van der Waals surface area contributed by atoms with Crippen LogP contribution in [0.15, 0.2) is 6.33 Å². The molecule has 0 bridgehead atoms. The summed E-state index contributed by atoms with van der Waals surface area (Å²) < 4.78 is 1.82. The molecule has 0 radical (unpaired) electrons. The van der Waals surface area contributed by atoms with Gasteiger partial charge in [-0.2, -0.15) is 0 Å². The zero-order valence-corrected chi connectivity index (χ0v) is 12.0. The van der Waals surface area contributed by atoms with E-state index in [0.717, 1.165) is 5.82 Å². The third-order valence-corrected chi connectivity index (χ3v) is 3.45. The lowest BCUT2D eigenvalue weighted by molar-refractivity contribution is -0.138. The van der Waals surface area contributed by atoms with Gasteiger partial charge in [0.25, 0.3) is 0 Å². The number of aromatic nitrogens is 3. The maximum absolute atomic E-state index is 12.0. The SMILES string of the molecule is Cn1cnnc1CCNC(=O)N1CCN(CC(=O)O)CC1. The van der Waals surface area contributed by atoms with Crippen molar-refractivity contribution in [3.05, 3.63) is 12.2 Å². The van der Waals surface area contributed by atoms with Crippen molar-refractivity contribution in [2.24, 2.45) is 7.05 Å². The molecule has 0 saturated carbocycles. The molecule has 2 rings (SSSR count). The lowest BCUT2D eigenvalue weighted by Crippen LogP contribution is -2.52. The molecule has 1 fully saturated rings. The predicted molar refractivity (Wildman–Crippen MR) is 73.8 cm³/mol. The van der Waals surface area contributed by atoms with E-state index < -0.39 is 5.97 Å². The number of piperazine rings is 1. The molecule has 1 aromatic heterocycles. The highest BCUT2D eigenvalue weighted by atomic mass is 16.4. The second-order valence-electron chi connectivity index (χ2n) is 5.00. The molecule has 0 unspecified atom stereocenters. The van der Waals surface area contributed by atoms with Crippen LogP contribution in [-0.4, -0.2) is 80.9 Å². The Kier molecular flexibility index (Phi) is 5.09. The highest BCUT2D eigenvalue weighted by Gasteiger charge is 2.21. The average Bonchev–Trinajstić information content (AvgIpc) is 2.84. The number of nitrogens with zero attached hydrogens (tertiary/aromatic N) is 5. The first-order chi connectivity index (χ1) is 10.1. The number of hydrogen-bond acceptors (Lipinski definition) is 5. The summed E-state index contributed by atoms with van der Waals surface area (Å²) in [4.78, 5) is 26.1. The first kappa shape index (κ1) is 15.2. The predicted octanol–water partition coefficient (Wildman–Crippen LogP) is -1.23. The number of aliphatic carboxylic acids is 1. The number of carbonyl (C=O) groups is 2. The second-order valence-corrected chi connectivity index (χ2v) is 5.00. The maximum Gasteiger partial charge on any atom is 0.317 e. The molecule has 0 atom stereocenters. The fraction of sp³-hybridized carbons (Fsp3) is 0.667. The third kappa shape index (κ3) is 4.42. The normalized spacial score (nSPS) is 16.0. The van der Waals surface area contributed by atoms with Crippen LogP contribution in [0.1, 0.15) is 5.82 Å². The van der Waals surface area contributed by atoms with Crippen LogP contribution in [0.25, 0.3) is 0 Å². The molecule has 9 heteroatoms. The standard InChI is InChI=1S/C12H20N6O3/c1-16-9-14-15-10(16)2-3-13-12(21)18-6-4-17(5-7-18)8-11(19)20/h9H,2-8H2,1H3,(H,13,21)(H,19,20). The monoisotopic (exact) mass is 296 g/mol. The van der Waals surface area contributed by atoms with Crippen molar-refractivity contribution in [3.8, 4) is 0 Å². The summed E-state index contributed by atoms with van der Waals surface area (Å²) in [5, 5.41) is 19.3. The number of carboxylic acids is 1. The van der Waals surface area contributed by atoms with E-state index >= 15 is 0 Å². The van der Waals surface area contributed by atoms with Gasteiger partial charge in [0, 0.05) is 46.2 Å². The molecule has 9 nitrogen and oxygen atoms in total. The van der Waals surface area contributed by atoms with Gasteiger partial charge < -0.3 is 19.9 Å². The fourth-order valence-corrected chi connectivity index (χ4v) is 2.23. The van der Waals surface area contributed by atoms with Gasteiger partial charge in [-0.3, -0.25) is 9.69 Å². The van der Waals surface area contributed by atoms with Crippen LogP contribution >= 0.6 is 0 Å². The molecule has 1 aliphatic heterocycles. The number of hydrogen-bond donors (Lipinski definition) is 2. The summed E-state index contributed by atoms with van der Waals surface area (Å²) in [5.74, 6) is -0.0156. The number of urea groups is 1. The minimum atomic E-state index is -0.837. The van der Waals surface area contributed by atoms with Crippen molar-refractivity contribution < 1.29 is 14.7 Å². The van der Waals surface area contributed by atoms with Gasteiger partial charge in [0.2, 0.25) is 0 Å². The van der Waals surface area contributed by atoms with Crippen molar-refractivity contribution in [2.45, 2.75) is 6.42 Å². The molecule has 1 aliphatic rings. The summed E-state index contributed by atoms with van der Waals surface area (Å²) in [5.41, 5.74) is 0. The maximum atomic E-state index is 12.0. The van der Waals surface area contributed by atoms with Crippen LogP contribution < -0.4 is 5.32 Å². The van der Waals surface area contributed by atoms with Crippen molar-refractivity contribution in [2.75, 3.05) is 39.3 Å². The molecule has 0 aliphatic carbocycles. The molecule has 1 aromatic rings. The van der Waals surface area contributed by atoms with Crippen molar-refractivity contribution >= 4 is 12.0 Å². The van der Waals surface area contributed by atoms with Gasteiger partial charge in [0.05, 0.1) is 6.54 Å². The summed E-state index contributed by atoms with van der Waals surface area (Å²) in [6.45, 7) is 2.79. The lowest BCUT2D eigenvalue weighted by atomic mass is 10.3. The Morgan fingerprint density at radius 1 is 1.33 bits per heavy atom. The van der Waals surface area contributed by atoms with E-state index in [1.165, 1.54) is 0 Å². The van der Waals surface area contributed by atoms with Crippen molar-refractivity contribution in [1.82, 2.24) is 29.9 Å². The first-order valence-corrected chi connectivity index (χ1v) is 6.86. The molecule has 1 saturated heterocycles. The molecule has 0 aromatic carbocycles. The van der Waals surface area contributed by atoms with Crippen molar-refractivity contribution in [3.63, 3.8) is 0 Å². The summed E-state index contributed by atoms with van der Waals surface area (Å²) in [7, 11) is 1.86. The smallest absolute Gasteiger partial charge is 0.317 e. The van der Waals surface area contributed by atoms with E-state index in [2.05, 4.69) is 15.5 Å². The van der Waals surface area contributed by atoms with Gasteiger partial charge in [-0.25, -0.2) is 4.79 Å². The summed E-state index contributed by atoms with van der Waals surface area (Å²) in [6.07, 6.45) is 2.25. The first-order valence-electron chi connectivity index (χ1n) is 6.86. The molecule has 2 N–H and O–H groups in total. The van der Waals surface area contributed by atoms with E-state index in [0.29, 0.717) is 39.1 Å². The van der Waals surface area contributed by atoms with Crippen LogP contribution in [0.4, 0.5) is 4.79 Å². The highest BCUT2D eigenvalue weighted by Crippen LogP contribution is 2.01. The number of carbonyl (C=O) groups excluding carboxylic acids is 1. The average molecular weight is 296 g/mol. The van der Waals surface area contributed by atoms with Gasteiger partial charge in [0.15, 0.2) is 0 Å². The van der Waals surface area contributed by atoms with Crippen molar-refractivity contribution in [1.29, 1.82) is 0 Å². The quantitative estimate of drug-likeness (QED) is 0.705. The number of carboxylic acid groups (broad SMARTS) is 1. The Hall–Kier alpha value is -2.16. The van der Waals surface area contributed by atoms with Crippen LogP contribution in [0.3, 0.4) is 0 Å². The Morgan fingerprint density at radius 3 is 2.62 bits per heavy atom. The highest BCUT2D eigenvalue weighted by molar-refractivity contribution is 5.74.